The Kier molecular flexibility index (Phi) is 4.78. The maximum atomic E-state index is 12.6. The van der Waals surface area contributed by atoms with Crippen molar-refractivity contribution < 1.29 is 13.2 Å². The van der Waals surface area contributed by atoms with Gasteiger partial charge in [-0.2, -0.15) is 4.31 Å². The van der Waals surface area contributed by atoms with Crippen LogP contribution in [0.4, 0.5) is 0 Å². The molecule has 0 spiro atoms. The van der Waals surface area contributed by atoms with Gasteiger partial charge in [-0.1, -0.05) is 42.0 Å². The maximum Gasteiger partial charge on any atom is 0.243 e. The van der Waals surface area contributed by atoms with E-state index in [9.17, 15) is 13.2 Å². The SMILES string of the molecule is CC(=O)c1cccc(S(=O)(=O)N(C)Cc2ccc(C)cc2)c1. The summed E-state index contributed by atoms with van der Waals surface area (Å²) >= 11 is 0. The van der Waals surface area contributed by atoms with Gasteiger partial charge in [-0.25, -0.2) is 8.42 Å². The Morgan fingerprint density at radius 1 is 1.09 bits per heavy atom. The molecule has 0 unspecified atom stereocenters. The van der Waals surface area contributed by atoms with Crippen LogP contribution in [-0.4, -0.2) is 25.6 Å². The summed E-state index contributed by atoms with van der Waals surface area (Å²) in [4.78, 5) is 11.5. The molecule has 0 amide bonds. The number of Topliss-reactive ketones (excluding diaryl/α,β-unsaturated/α-hetero) is 1. The van der Waals surface area contributed by atoms with E-state index in [1.54, 1.807) is 12.1 Å². The molecule has 5 heteroatoms. The van der Waals surface area contributed by atoms with E-state index in [1.165, 1.54) is 30.4 Å². The normalized spacial score (nSPS) is 11.6. The van der Waals surface area contributed by atoms with E-state index < -0.39 is 10.0 Å². The zero-order valence-corrected chi connectivity index (χ0v) is 13.7. The molecular weight excluding hydrogens is 298 g/mol. The van der Waals surface area contributed by atoms with Crippen LogP contribution in [0.25, 0.3) is 0 Å². The fraction of sp³-hybridized carbons (Fsp3) is 0.235. The van der Waals surface area contributed by atoms with Crippen molar-refractivity contribution in [3.8, 4) is 0 Å². The van der Waals surface area contributed by atoms with E-state index >= 15 is 0 Å². The summed E-state index contributed by atoms with van der Waals surface area (Å²) < 4.78 is 26.5. The second-order valence-corrected chi connectivity index (χ2v) is 7.38. The van der Waals surface area contributed by atoms with Crippen molar-refractivity contribution in [2.75, 3.05) is 7.05 Å². The fourth-order valence-electron chi connectivity index (χ4n) is 2.09. The molecule has 0 bridgehead atoms. The summed E-state index contributed by atoms with van der Waals surface area (Å²) in [6.45, 7) is 3.69. The lowest BCUT2D eigenvalue weighted by Gasteiger charge is -2.17. The average molecular weight is 317 g/mol. The largest absolute Gasteiger partial charge is 0.295 e. The number of carbonyl (C=O) groups is 1. The summed E-state index contributed by atoms with van der Waals surface area (Å²) in [6.07, 6.45) is 0. The Morgan fingerprint density at radius 3 is 2.32 bits per heavy atom. The molecule has 0 aliphatic carbocycles. The van der Waals surface area contributed by atoms with Crippen LogP contribution in [-0.2, 0) is 16.6 Å². The van der Waals surface area contributed by atoms with Gasteiger partial charge in [0.05, 0.1) is 4.90 Å². The van der Waals surface area contributed by atoms with Crippen molar-refractivity contribution in [2.24, 2.45) is 0 Å². The van der Waals surface area contributed by atoms with E-state index in [-0.39, 0.29) is 17.2 Å². The van der Waals surface area contributed by atoms with Gasteiger partial charge in [-0.3, -0.25) is 4.79 Å². The predicted molar refractivity (Wildman–Crippen MR) is 86.3 cm³/mol. The van der Waals surface area contributed by atoms with Gasteiger partial charge in [0.15, 0.2) is 5.78 Å². The van der Waals surface area contributed by atoms with Crippen molar-refractivity contribution in [2.45, 2.75) is 25.3 Å². The number of aryl methyl sites for hydroxylation is 1. The number of sulfonamides is 1. The fourth-order valence-corrected chi connectivity index (χ4v) is 3.30. The lowest BCUT2D eigenvalue weighted by molar-refractivity contribution is 0.101. The highest BCUT2D eigenvalue weighted by Gasteiger charge is 2.21. The van der Waals surface area contributed by atoms with Crippen molar-refractivity contribution in [1.29, 1.82) is 0 Å². The molecule has 4 nitrogen and oxygen atoms in total. The van der Waals surface area contributed by atoms with Crippen LogP contribution in [0, 0.1) is 6.92 Å². The van der Waals surface area contributed by atoms with Gasteiger partial charge in [-0.05, 0) is 31.5 Å². The Balaban J connectivity index is 2.27. The molecule has 0 aromatic heterocycles. The first-order valence-electron chi connectivity index (χ1n) is 6.93. The third-order valence-corrected chi connectivity index (χ3v) is 5.27. The molecule has 0 N–H and O–H groups in total. The minimum absolute atomic E-state index is 0.134. The molecule has 0 fully saturated rings. The molecular formula is C17H19NO3S. The molecule has 2 aromatic carbocycles. The van der Waals surface area contributed by atoms with E-state index in [2.05, 4.69) is 0 Å². The molecule has 0 saturated heterocycles. The Morgan fingerprint density at radius 2 is 1.73 bits per heavy atom. The van der Waals surface area contributed by atoms with Gasteiger partial charge in [0.2, 0.25) is 10.0 Å². The van der Waals surface area contributed by atoms with E-state index in [0.29, 0.717) is 5.56 Å². The highest BCUT2D eigenvalue weighted by atomic mass is 32.2. The van der Waals surface area contributed by atoms with Crippen LogP contribution in [0.1, 0.15) is 28.4 Å². The minimum Gasteiger partial charge on any atom is -0.295 e. The summed E-state index contributed by atoms with van der Waals surface area (Å²) in [5.41, 5.74) is 2.44. The third kappa shape index (κ3) is 3.61. The predicted octanol–water partition coefficient (Wildman–Crippen LogP) is 3.02. The first kappa shape index (κ1) is 16.4. The Bertz CT molecular complexity index is 780. The van der Waals surface area contributed by atoms with Gasteiger partial charge in [0.1, 0.15) is 0 Å². The number of rotatable bonds is 5. The van der Waals surface area contributed by atoms with Crippen LogP contribution < -0.4 is 0 Å². The number of hydrogen-bond donors (Lipinski definition) is 0. The maximum absolute atomic E-state index is 12.6. The van der Waals surface area contributed by atoms with Gasteiger partial charge in [-0.15, -0.1) is 0 Å². The highest BCUT2D eigenvalue weighted by Crippen LogP contribution is 2.18. The molecule has 22 heavy (non-hydrogen) atoms. The molecule has 0 atom stereocenters. The van der Waals surface area contributed by atoms with Crippen molar-refractivity contribution in [1.82, 2.24) is 4.31 Å². The number of nitrogens with zero attached hydrogens (tertiary/aromatic N) is 1. The van der Waals surface area contributed by atoms with E-state index in [1.807, 2.05) is 31.2 Å². The molecule has 0 radical (unpaired) electrons. The number of hydrogen-bond acceptors (Lipinski definition) is 3. The van der Waals surface area contributed by atoms with E-state index in [4.69, 9.17) is 0 Å². The molecule has 0 aliphatic heterocycles. The van der Waals surface area contributed by atoms with Crippen molar-refractivity contribution in [3.63, 3.8) is 0 Å². The standard InChI is InChI=1S/C17H19NO3S/c1-13-7-9-15(10-8-13)12-18(3)22(20,21)17-6-4-5-16(11-17)14(2)19/h4-11H,12H2,1-3H3. The summed E-state index contributed by atoms with van der Waals surface area (Å²) in [6, 6.07) is 13.8. The smallest absolute Gasteiger partial charge is 0.243 e. The quantitative estimate of drug-likeness (QED) is 0.797. The lowest BCUT2D eigenvalue weighted by atomic mass is 10.1. The molecule has 0 aliphatic rings. The zero-order chi connectivity index (χ0) is 16.3. The Hall–Kier alpha value is -1.98. The van der Waals surface area contributed by atoms with Crippen LogP contribution >= 0.6 is 0 Å². The van der Waals surface area contributed by atoms with Crippen molar-refractivity contribution >= 4 is 15.8 Å². The average Bonchev–Trinajstić information content (AvgIpc) is 2.49. The second-order valence-electron chi connectivity index (χ2n) is 5.33. The second kappa shape index (κ2) is 6.42. The van der Waals surface area contributed by atoms with Crippen LogP contribution in [0.5, 0.6) is 0 Å². The summed E-state index contributed by atoms with van der Waals surface area (Å²) in [5, 5.41) is 0. The van der Waals surface area contributed by atoms with Crippen LogP contribution in [0.3, 0.4) is 0 Å². The molecule has 116 valence electrons. The van der Waals surface area contributed by atoms with Crippen molar-refractivity contribution in [3.05, 3.63) is 65.2 Å². The first-order valence-corrected chi connectivity index (χ1v) is 8.37. The Labute approximate surface area is 131 Å². The third-order valence-electron chi connectivity index (χ3n) is 3.47. The molecule has 2 aromatic rings. The monoisotopic (exact) mass is 317 g/mol. The number of benzene rings is 2. The topological polar surface area (TPSA) is 54.5 Å². The minimum atomic E-state index is -3.62. The van der Waals surface area contributed by atoms with Gasteiger partial charge in [0, 0.05) is 19.2 Å². The lowest BCUT2D eigenvalue weighted by Crippen LogP contribution is -2.26. The first-order chi connectivity index (χ1) is 10.3. The van der Waals surface area contributed by atoms with Crippen LogP contribution in [0.2, 0.25) is 0 Å². The summed E-state index contributed by atoms with van der Waals surface area (Å²) in [7, 11) is -2.08. The number of carbonyl (C=O) groups excluding carboxylic acids is 1. The van der Waals surface area contributed by atoms with Gasteiger partial charge < -0.3 is 0 Å². The highest BCUT2D eigenvalue weighted by molar-refractivity contribution is 7.89. The van der Waals surface area contributed by atoms with Crippen LogP contribution in [0.15, 0.2) is 53.4 Å². The molecule has 0 heterocycles. The molecule has 0 saturated carbocycles. The zero-order valence-electron chi connectivity index (χ0n) is 12.9. The van der Waals surface area contributed by atoms with Gasteiger partial charge in [0.25, 0.3) is 0 Å². The van der Waals surface area contributed by atoms with Gasteiger partial charge >= 0.3 is 0 Å². The molecule has 2 rings (SSSR count). The number of ketones is 1. The van der Waals surface area contributed by atoms with E-state index in [0.717, 1.165) is 11.1 Å². The summed E-state index contributed by atoms with van der Waals surface area (Å²) in [5.74, 6) is -0.154.